The number of nitrogens with two attached hydrogens (primary N) is 1. The zero-order valence-corrected chi connectivity index (χ0v) is 18.4. The van der Waals surface area contributed by atoms with Crippen LogP contribution in [0.4, 0.5) is 19.3 Å². The van der Waals surface area contributed by atoms with Crippen molar-refractivity contribution >= 4 is 23.6 Å². The van der Waals surface area contributed by atoms with Crippen molar-refractivity contribution in [2.75, 3.05) is 37.7 Å². The molecule has 0 aromatic heterocycles. The van der Waals surface area contributed by atoms with Gasteiger partial charge in [0, 0.05) is 19.0 Å². The van der Waals surface area contributed by atoms with Crippen molar-refractivity contribution in [2.24, 2.45) is 5.73 Å². The number of halogens is 2. The quantitative estimate of drug-likeness (QED) is 0.367. The van der Waals surface area contributed by atoms with E-state index in [2.05, 4.69) is 5.32 Å². The van der Waals surface area contributed by atoms with Gasteiger partial charge in [0.15, 0.2) is 0 Å². The molecule has 2 rings (SSSR count). The van der Waals surface area contributed by atoms with E-state index < -0.39 is 23.8 Å². The highest BCUT2D eigenvalue weighted by Crippen LogP contribution is 2.27. The molecule has 1 saturated heterocycles. The number of hydrogen-bond donors (Lipinski definition) is 2. The monoisotopic (exact) mass is 456 g/mol. The van der Waals surface area contributed by atoms with Gasteiger partial charge < -0.3 is 15.8 Å². The maximum atomic E-state index is 14.6. The van der Waals surface area contributed by atoms with Crippen molar-refractivity contribution in [3.8, 4) is 0 Å². The van der Waals surface area contributed by atoms with E-state index in [1.54, 1.807) is 0 Å². The number of carbonyl (C=O) groups is 3. The number of hydroxylamine groups is 2. The molecule has 1 aromatic rings. The summed E-state index contributed by atoms with van der Waals surface area (Å²) in [5.74, 6) is -2.11. The molecule has 1 aliphatic rings. The van der Waals surface area contributed by atoms with Gasteiger partial charge in [0.25, 0.3) is 5.91 Å². The number of nitrogens with one attached hydrogen (secondary N) is 1. The van der Waals surface area contributed by atoms with Gasteiger partial charge in [-0.15, -0.1) is 0 Å². The average molecular weight is 456 g/mol. The van der Waals surface area contributed by atoms with Gasteiger partial charge in [-0.1, -0.05) is 6.92 Å². The summed E-state index contributed by atoms with van der Waals surface area (Å²) in [6.45, 7) is 3.93. The SMILES string of the molecule is CCCN(OCCCCc1c(F)cc(N2C[C@H](CNC(C)=O)OC2=O)cc1F)C(=O)CN. The number of carbonyl (C=O) groups excluding carboxylic acids is 3. The third-order valence-electron chi connectivity index (χ3n) is 4.84. The fourth-order valence-corrected chi connectivity index (χ4v) is 3.23. The van der Waals surface area contributed by atoms with Crippen LogP contribution in [0.25, 0.3) is 0 Å². The van der Waals surface area contributed by atoms with Crippen LogP contribution in [0.3, 0.4) is 0 Å². The first kappa shape index (κ1) is 25.5. The van der Waals surface area contributed by atoms with Crippen molar-refractivity contribution in [3.05, 3.63) is 29.3 Å². The van der Waals surface area contributed by atoms with Crippen LogP contribution in [0.1, 0.15) is 38.7 Å². The van der Waals surface area contributed by atoms with E-state index in [4.69, 9.17) is 15.3 Å². The van der Waals surface area contributed by atoms with Gasteiger partial charge in [-0.2, -0.15) is 0 Å². The first-order valence-corrected chi connectivity index (χ1v) is 10.6. The number of amides is 3. The van der Waals surface area contributed by atoms with Crippen LogP contribution in [0, 0.1) is 11.6 Å². The molecule has 178 valence electrons. The van der Waals surface area contributed by atoms with Crippen molar-refractivity contribution < 1.29 is 32.7 Å². The zero-order chi connectivity index (χ0) is 23.7. The highest BCUT2D eigenvalue weighted by Gasteiger charge is 2.33. The number of anilines is 1. The molecule has 0 spiro atoms. The Hall–Kier alpha value is -2.79. The Morgan fingerprint density at radius 3 is 2.59 bits per heavy atom. The molecule has 3 N–H and O–H groups in total. The van der Waals surface area contributed by atoms with Crippen molar-refractivity contribution in [2.45, 2.75) is 45.6 Å². The maximum Gasteiger partial charge on any atom is 0.414 e. The van der Waals surface area contributed by atoms with Gasteiger partial charge in [-0.25, -0.2) is 18.6 Å². The summed E-state index contributed by atoms with van der Waals surface area (Å²) in [6, 6.07) is 2.19. The van der Waals surface area contributed by atoms with E-state index in [-0.39, 0.29) is 55.7 Å². The van der Waals surface area contributed by atoms with Gasteiger partial charge in [-0.3, -0.25) is 19.3 Å². The molecule has 0 bridgehead atoms. The molecular formula is C21H30F2N4O5. The number of benzene rings is 1. The van der Waals surface area contributed by atoms with Crippen molar-refractivity contribution in [3.63, 3.8) is 0 Å². The van der Waals surface area contributed by atoms with Crippen LogP contribution in [0.15, 0.2) is 12.1 Å². The highest BCUT2D eigenvalue weighted by atomic mass is 19.1. The molecule has 1 atom stereocenters. The van der Waals surface area contributed by atoms with E-state index in [9.17, 15) is 23.2 Å². The van der Waals surface area contributed by atoms with Crippen LogP contribution >= 0.6 is 0 Å². The molecule has 0 unspecified atom stereocenters. The Balaban J connectivity index is 1.89. The molecule has 1 heterocycles. The summed E-state index contributed by atoms with van der Waals surface area (Å²) >= 11 is 0. The predicted molar refractivity (Wildman–Crippen MR) is 113 cm³/mol. The summed E-state index contributed by atoms with van der Waals surface area (Å²) in [7, 11) is 0. The van der Waals surface area contributed by atoms with Gasteiger partial charge in [-0.05, 0) is 37.8 Å². The Kier molecular flexibility index (Phi) is 9.79. The van der Waals surface area contributed by atoms with Crippen LogP contribution in [-0.4, -0.2) is 61.9 Å². The summed E-state index contributed by atoms with van der Waals surface area (Å²) in [5, 5.41) is 3.75. The standard InChI is InChI=1S/C21H30F2N4O5/c1-3-7-27(20(29)11-24)31-8-5-4-6-17-18(22)9-15(10-19(17)23)26-13-16(32-21(26)30)12-25-14(2)28/h9-10,16H,3-8,11-13,24H2,1-2H3,(H,25,28)/t16-/m0/s1. The molecule has 3 amide bonds. The normalized spacial score (nSPS) is 15.6. The Morgan fingerprint density at radius 1 is 1.31 bits per heavy atom. The van der Waals surface area contributed by atoms with E-state index in [1.165, 1.54) is 12.0 Å². The minimum atomic E-state index is -0.759. The molecule has 0 aliphatic carbocycles. The third kappa shape index (κ3) is 7.13. The van der Waals surface area contributed by atoms with Crippen LogP contribution in [0.5, 0.6) is 0 Å². The van der Waals surface area contributed by atoms with Gasteiger partial charge in [0.2, 0.25) is 5.91 Å². The summed E-state index contributed by atoms with van der Waals surface area (Å²) in [4.78, 5) is 41.2. The average Bonchev–Trinajstić information content (AvgIpc) is 3.12. The van der Waals surface area contributed by atoms with E-state index in [0.29, 0.717) is 25.8 Å². The zero-order valence-electron chi connectivity index (χ0n) is 18.4. The lowest BCUT2D eigenvalue weighted by atomic mass is 10.1. The minimum absolute atomic E-state index is 0.0536. The number of unbranched alkanes of at least 4 members (excludes halogenated alkanes) is 1. The largest absolute Gasteiger partial charge is 0.442 e. The molecule has 11 heteroatoms. The molecule has 32 heavy (non-hydrogen) atoms. The van der Waals surface area contributed by atoms with Crippen LogP contribution in [0.2, 0.25) is 0 Å². The first-order chi connectivity index (χ1) is 15.3. The number of nitrogens with zero attached hydrogens (tertiary/aromatic N) is 2. The second-order valence-corrected chi connectivity index (χ2v) is 7.43. The second kappa shape index (κ2) is 12.3. The molecule has 9 nitrogen and oxygen atoms in total. The number of hydrogen-bond acceptors (Lipinski definition) is 6. The highest BCUT2D eigenvalue weighted by molar-refractivity contribution is 5.89. The predicted octanol–water partition coefficient (Wildman–Crippen LogP) is 1.88. The smallest absolute Gasteiger partial charge is 0.414 e. The van der Waals surface area contributed by atoms with E-state index in [1.807, 2.05) is 6.92 Å². The number of cyclic esters (lactones) is 1. The van der Waals surface area contributed by atoms with Crippen molar-refractivity contribution in [1.82, 2.24) is 10.4 Å². The lowest BCUT2D eigenvalue weighted by Gasteiger charge is -2.20. The molecule has 0 saturated carbocycles. The third-order valence-corrected chi connectivity index (χ3v) is 4.84. The van der Waals surface area contributed by atoms with Crippen molar-refractivity contribution in [1.29, 1.82) is 0 Å². The summed E-state index contributed by atoms with van der Waals surface area (Å²) < 4.78 is 34.2. The Labute approximate surface area is 185 Å². The first-order valence-electron chi connectivity index (χ1n) is 10.6. The summed E-state index contributed by atoms with van der Waals surface area (Å²) in [5.41, 5.74) is 5.31. The second-order valence-electron chi connectivity index (χ2n) is 7.43. The van der Waals surface area contributed by atoms with Gasteiger partial charge in [0.1, 0.15) is 17.7 Å². The molecular weight excluding hydrogens is 426 g/mol. The molecule has 1 aliphatic heterocycles. The van der Waals surface area contributed by atoms with Crippen LogP contribution < -0.4 is 16.0 Å². The number of ether oxygens (including phenoxy) is 1. The maximum absolute atomic E-state index is 14.6. The fraction of sp³-hybridized carbons (Fsp3) is 0.571. The topological polar surface area (TPSA) is 114 Å². The molecule has 1 aromatic carbocycles. The van der Waals surface area contributed by atoms with Crippen LogP contribution in [-0.2, 0) is 25.6 Å². The Morgan fingerprint density at radius 2 is 2.00 bits per heavy atom. The minimum Gasteiger partial charge on any atom is -0.442 e. The Bertz CT molecular complexity index is 800. The molecule has 0 radical (unpaired) electrons. The lowest BCUT2D eigenvalue weighted by molar-refractivity contribution is -0.185. The van der Waals surface area contributed by atoms with E-state index >= 15 is 0 Å². The van der Waals surface area contributed by atoms with E-state index in [0.717, 1.165) is 17.0 Å². The number of rotatable bonds is 12. The van der Waals surface area contributed by atoms with Gasteiger partial charge in [0.05, 0.1) is 31.9 Å². The fourth-order valence-electron chi connectivity index (χ4n) is 3.23. The molecule has 1 fully saturated rings. The van der Waals surface area contributed by atoms with Gasteiger partial charge >= 0.3 is 6.09 Å². The summed E-state index contributed by atoms with van der Waals surface area (Å²) in [6.07, 6.45) is 0.447. The lowest BCUT2D eigenvalue weighted by Crippen LogP contribution is -2.36.